The molecular formula is C12H12N2O5. The number of nitro benzene ring substituents is 1. The summed E-state index contributed by atoms with van der Waals surface area (Å²) in [5, 5.41) is 10.7. The van der Waals surface area contributed by atoms with Gasteiger partial charge in [0.25, 0.3) is 11.6 Å². The molecule has 0 aliphatic heterocycles. The van der Waals surface area contributed by atoms with Gasteiger partial charge in [-0.25, -0.2) is 4.79 Å². The molecule has 0 aromatic heterocycles. The molecule has 19 heavy (non-hydrogen) atoms. The molecule has 0 aliphatic rings. The number of para-hydroxylation sites is 1. The number of benzene rings is 1. The molecule has 0 heterocycles. The lowest BCUT2D eigenvalue weighted by Gasteiger charge is -2.06. The highest BCUT2D eigenvalue weighted by Gasteiger charge is 2.13. The number of rotatable bonds is 5. The van der Waals surface area contributed by atoms with Gasteiger partial charge >= 0.3 is 5.97 Å². The van der Waals surface area contributed by atoms with Crippen LogP contribution < -0.4 is 5.73 Å². The molecule has 0 spiro atoms. The highest BCUT2D eigenvalue weighted by Crippen LogP contribution is 2.18. The Balaban J connectivity index is 2.79. The topological polar surface area (TPSA) is 113 Å². The molecule has 1 rings (SSSR count). The molecular weight excluding hydrogens is 252 g/mol. The molecule has 7 nitrogen and oxygen atoms in total. The van der Waals surface area contributed by atoms with Crippen LogP contribution in [0.25, 0.3) is 6.08 Å². The largest absolute Gasteiger partial charge is 0.449 e. The molecule has 0 aliphatic carbocycles. The van der Waals surface area contributed by atoms with Crippen LogP contribution >= 0.6 is 0 Å². The third-order valence-electron chi connectivity index (χ3n) is 2.23. The number of nitrogens with two attached hydrogens (primary N) is 1. The van der Waals surface area contributed by atoms with Crippen molar-refractivity contribution in [1.29, 1.82) is 0 Å². The Morgan fingerprint density at radius 2 is 2.05 bits per heavy atom. The van der Waals surface area contributed by atoms with Gasteiger partial charge in [-0.15, -0.1) is 0 Å². The molecule has 1 aromatic rings. The maximum Gasteiger partial charge on any atom is 0.331 e. The van der Waals surface area contributed by atoms with Crippen LogP contribution in [-0.4, -0.2) is 22.9 Å². The first-order valence-electron chi connectivity index (χ1n) is 5.33. The second-order valence-corrected chi connectivity index (χ2v) is 3.63. The van der Waals surface area contributed by atoms with Gasteiger partial charge in [0.1, 0.15) is 0 Å². The van der Waals surface area contributed by atoms with Crippen LogP contribution in [0.1, 0.15) is 12.5 Å². The summed E-state index contributed by atoms with van der Waals surface area (Å²) in [6.07, 6.45) is 1.19. The van der Waals surface area contributed by atoms with Gasteiger partial charge in [-0.2, -0.15) is 0 Å². The van der Waals surface area contributed by atoms with E-state index in [9.17, 15) is 19.7 Å². The smallest absolute Gasteiger partial charge is 0.331 e. The van der Waals surface area contributed by atoms with Crippen molar-refractivity contribution in [1.82, 2.24) is 0 Å². The van der Waals surface area contributed by atoms with E-state index in [-0.39, 0.29) is 11.3 Å². The first kappa shape index (κ1) is 14.4. The molecule has 0 radical (unpaired) electrons. The lowest BCUT2D eigenvalue weighted by molar-refractivity contribution is -0.385. The third kappa shape index (κ3) is 4.23. The Kier molecular flexibility index (Phi) is 4.76. The molecule has 7 heteroatoms. The predicted octanol–water partition coefficient (Wildman–Crippen LogP) is 1.02. The van der Waals surface area contributed by atoms with E-state index >= 15 is 0 Å². The summed E-state index contributed by atoms with van der Waals surface area (Å²) in [6.45, 7) is 1.33. The molecule has 0 saturated heterocycles. The molecule has 0 fully saturated rings. The SMILES string of the molecule is C[C@@H](OC(=O)/C=C/c1ccccc1[N+](=O)[O-])C(N)=O. The molecule has 1 amide bonds. The van der Waals surface area contributed by atoms with Gasteiger partial charge in [-0.1, -0.05) is 12.1 Å². The van der Waals surface area contributed by atoms with Crippen molar-refractivity contribution in [2.45, 2.75) is 13.0 Å². The lowest BCUT2D eigenvalue weighted by Crippen LogP contribution is -2.29. The van der Waals surface area contributed by atoms with Crippen molar-refractivity contribution in [3.8, 4) is 0 Å². The monoisotopic (exact) mass is 264 g/mol. The number of hydrogen-bond acceptors (Lipinski definition) is 5. The van der Waals surface area contributed by atoms with Gasteiger partial charge in [0.15, 0.2) is 6.10 Å². The zero-order chi connectivity index (χ0) is 14.4. The van der Waals surface area contributed by atoms with Gasteiger partial charge in [-0.05, 0) is 19.1 Å². The van der Waals surface area contributed by atoms with E-state index in [1.807, 2.05) is 0 Å². The van der Waals surface area contributed by atoms with E-state index < -0.39 is 22.9 Å². The Bertz CT molecular complexity index is 539. The first-order chi connectivity index (χ1) is 8.91. The fourth-order valence-electron chi connectivity index (χ4n) is 1.22. The summed E-state index contributed by atoms with van der Waals surface area (Å²) in [4.78, 5) is 32.2. The summed E-state index contributed by atoms with van der Waals surface area (Å²) >= 11 is 0. The average Bonchev–Trinajstić information content (AvgIpc) is 2.36. The highest BCUT2D eigenvalue weighted by molar-refractivity contribution is 5.90. The van der Waals surface area contributed by atoms with Crippen molar-refractivity contribution in [2.75, 3.05) is 0 Å². The second kappa shape index (κ2) is 6.29. The van der Waals surface area contributed by atoms with E-state index in [2.05, 4.69) is 4.74 Å². The molecule has 1 aromatic carbocycles. The number of primary amides is 1. The molecule has 0 saturated carbocycles. The van der Waals surface area contributed by atoms with E-state index in [0.29, 0.717) is 0 Å². The Labute approximate surface area is 108 Å². The van der Waals surface area contributed by atoms with Gasteiger partial charge in [-0.3, -0.25) is 14.9 Å². The minimum absolute atomic E-state index is 0.130. The Morgan fingerprint density at radius 3 is 2.63 bits per heavy atom. The average molecular weight is 264 g/mol. The van der Waals surface area contributed by atoms with Gasteiger partial charge in [0.2, 0.25) is 0 Å². The van der Waals surface area contributed by atoms with E-state index in [0.717, 1.165) is 6.08 Å². The Hall–Kier alpha value is -2.70. The van der Waals surface area contributed by atoms with Crippen molar-refractivity contribution in [3.05, 3.63) is 46.0 Å². The minimum Gasteiger partial charge on any atom is -0.449 e. The molecule has 0 bridgehead atoms. The zero-order valence-electron chi connectivity index (χ0n) is 10.1. The normalized spacial score (nSPS) is 12.1. The van der Waals surface area contributed by atoms with E-state index in [4.69, 9.17) is 5.73 Å². The number of carbonyl (C=O) groups excluding carboxylic acids is 2. The maximum absolute atomic E-state index is 11.3. The van der Waals surface area contributed by atoms with Crippen molar-refractivity contribution >= 4 is 23.6 Å². The van der Waals surface area contributed by atoms with Crippen LogP contribution in [0.15, 0.2) is 30.3 Å². The van der Waals surface area contributed by atoms with E-state index in [1.165, 1.54) is 31.2 Å². The standard InChI is InChI=1S/C12H12N2O5/c1-8(12(13)16)19-11(15)7-6-9-4-2-3-5-10(9)14(17)18/h2-8H,1H3,(H2,13,16)/b7-6+/t8-/m1/s1. The lowest BCUT2D eigenvalue weighted by atomic mass is 10.1. The summed E-state index contributed by atoms with van der Waals surface area (Å²) in [7, 11) is 0. The number of nitro groups is 1. The van der Waals surface area contributed by atoms with Crippen LogP contribution in [0.3, 0.4) is 0 Å². The minimum atomic E-state index is -1.05. The first-order valence-corrected chi connectivity index (χ1v) is 5.33. The van der Waals surface area contributed by atoms with Crippen LogP contribution in [0.5, 0.6) is 0 Å². The number of nitrogens with zero attached hydrogens (tertiary/aromatic N) is 1. The van der Waals surface area contributed by atoms with Gasteiger partial charge < -0.3 is 10.5 Å². The number of esters is 1. The fourth-order valence-corrected chi connectivity index (χ4v) is 1.22. The number of hydrogen-bond donors (Lipinski definition) is 1. The maximum atomic E-state index is 11.3. The summed E-state index contributed by atoms with van der Waals surface area (Å²) in [6, 6.07) is 5.92. The van der Waals surface area contributed by atoms with Crippen LogP contribution in [0.4, 0.5) is 5.69 Å². The zero-order valence-corrected chi connectivity index (χ0v) is 10.1. The summed E-state index contributed by atoms with van der Waals surface area (Å²) in [5.74, 6) is -1.57. The van der Waals surface area contributed by atoms with E-state index in [1.54, 1.807) is 6.07 Å². The van der Waals surface area contributed by atoms with Crippen molar-refractivity contribution in [3.63, 3.8) is 0 Å². The van der Waals surface area contributed by atoms with Crippen molar-refractivity contribution < 1.29 is 19.2 Å². The number of amides is 1. The highest BCUT2D eigenvalue weighted by atomic mass is 16.6. The molecule has 100 valence electrons. The Morgan fingerprint density at radius 1 is 1.42 bits per heavy atom. The van der Waals surface area contributed by atoms with Crippen LogP contribution in [0, 0.1) is 10.1 Å². The molecule has 2 N–H and O–H groups in total. The molecule has 1 atom stereocenters. The van der Waals surface area contributed by atoms with Crippen molar-refractivity contribution in [2.24, 2.45) is 5.73 Å². The quantitative estimate of drug-likeness (QED) is 0.369. The number of carbonyl (C=O) groups is 2. The summed E-state index contributed by atoms with van der Waals surface area (Å²) in [5.41, 5.74) is 5.06. The molecule has 0 unspecified atom stereocenters. The third-order valence-corrected chi connectivity index (χ3v) is 2.23. The van der Waals surface area contributed by atoms with Gasteiger partial charge in [0, 0.05) is 12.1 Å². The van der Waals surface area contributed by atoms with Crippen LogP contribution in [0.2, 0.25) is 0 Å². The predicted molar refractivity (Wildman–Crippen MR) is 66.9 cm³/mol. The van der Waals surface area contributed by atoms with Gasteiger partial charge in [0.05, 0.1) is 10.5 Å². The fraction of sp³-hybridized carbons (Fsp3) is 0.167. The summed E-state index contributed by atoms with van der Waals surface area (Å²) < 4.78 is 4.66. The second-order valence-electron chi connectivity index (χ2n) is 3.63. The van der Waals surface area contributed by atoms with Crippen LogP contribution in [-0.2, 0) is 14.3 Å². The number of ether oxygens (including phenoxy) is 1.